The van der Waals surface area contributed by atoms with Crippen LogP contribution in [-0.4, -0.2) is 44.1 Å². The molecule has 0 saturated heterocycles. The minimum absolute atomic E-state index is 0.267. The normalized spacial score (nSPS) is 10.9. The largest absolute Gasteiger partial charge is 0.490 e. The van der Waals surface area contributed by atoms with Crippen LogP contribution < -0.4 is 4.74 Å². The molecule has 6 heteroatoms. The lowest BCUT2D eigenvalue weighted by Gasteiger charge is -2.10. The molecule has 1 N–H and O–H groups in total. The second-order valence-corrected chi connectivity index (χ2v) is 7.40. The van der Waals surface area contributed by atoms with Crippen LogP contribution in [0.3, 0.4) is 0 Å². The van der Waals surface area contributed by atoms with E-state index in [2.05, 4.69) is 35.0 Å². The fraction of sp³-hybridized carbons (Fsp3) is 0.667. The number of ether oxygens (including phenoxy) is 3. The molecule has 5 nitrogen and oxygen atoms in total. The standard InChI is InChI=1S/C21H33BrO5/c1-2-3-4-5-6-7-8-9-18-10-11-20(19(22)16-18)27-15-14-25-12-13-26-17-21(23)24/h10-11,16H,2-9,12-15,17H2,1H3,(H,23,24). The first-order valence-corrected chi connectivity index (χ1v) is 10.7. The van der Waals surface area contributed by atoms with Crippen LogP contribution in [0.2, 0.25) is 0 Å². The number of carboxylic acid groups (broad SMARTS) is 1. The molecule has 0 unspecified atom stereocenters. The van der Waals surface area contributed by atoms with Crippen LogP contribution in [0.5, 0.6) is 5.75 Å². The van der Waals surface area contributed by atoms with E-state index in [4.69, 9.17) is 19.3 Å². The van der Waals surface area contributed by atoms with Crippen LogP contribution in [0.4, 0.5) is 0 Å². The van der Waals surface area contributed by atoms with Gasteiger partial charge in [0, 0.05) is 0 Å². The molecule has 0 radical (unpaired) electrons. The average molecular weight is 445 g/mol. The summed E-state index contributed by atoms with van der Waals surface area (Å²) < 4.78 is 16.9. The molecule has 0 atom stereocenters. The van der Waals surface area contributed by atoms with Gasteiger partial charge < -0.3 is 19.3 Å². The quantitative estimate of drug-likeness (QED) is 0.332. The Bertz CT molecular complexity index is 521. The molecule has 0 spiro atoms. The molecular formula is C21H33BrO5. The number of benzene rings is 1. The Kier molecular flexibility index (Phi) is 14.1. The number of hydrogen-bond donors (Lipinski definition) is 1. The van der Waals surface area contributed by atoms with Crippen molar-refractivity contribution >= 4 is 21.9 Å². The first-order valence-electron chi connectivity index (χ1n) is 9.92. The van der Waals surface area contributed by atoms with Gasteiger partial charge >= 0.3 is 5.97 Å². The SMILES string of the molecule is CCCCCCCCCc1ccc(OCCOCCOCC(=O)O)c(Br)c1. The molecular weight excluding hydrogens is 412 g/mol. The second kappa shape index (κ2) is 15.9. The van der Waals surface area contributed by atoms with Crippen LogP contribution in [0.1, 0.15) is 57.4 Å². The Balaban J connectivity index is 2.11. The average Bonchev–Trinajstić information content (AvgIpc) is 2.64. The highest BCUT2D eigenvalue weighted by atomic mass is 79.9. The topological polar surface area (TPSA) is 65.0 Å². The highest BCUT2D eigenvalue weighted by Gasteiger charge is 2.03. The Morgan fingerprint density at radius 2 is 1.63 bits per heavy atom. The fourth-order valence-corrected chi connectivity index (χ4v) is 3.23. The molecule has 0 aromatic heterocycles. The molecule has 27 heavy (non-hydrogen) atoms. The van der Waals surface area contributed by atoms with Crippen LogP contribution >= 0.6 is 15.9 Å². The summed E-state index contributed by atoms with van der Waals surface area (Å²) in [6.07, 6.45) is 10.4. The van der Waals surface area contributed by atoms with Gasteiger partial charge in [0.15, 0.2) is 0 Å². The van der Waals surface area contributed by atoms with Crippen molar-refractivity contribution in [3.8, 4) is 5.75 Å². The number of halogens is 1. The molecule has 0 aliphatic heterocycles. The van der Waals surface area contributed by atoms with Gasteiger partial charge in [-0.1, -0.05) is 51.5 Å². The first-order chi connectivity index (χ1) is 13.1. The van der Waals surface area contributed by atoms with E-state index >= 15 is 0 Å². The highest BCUT2D eigenvalue weighted by molar-refractivity contribution is 9.10. The summed E-state index contributed by atoms with van der Waals surface area (Å²) in [6.45, 7) is 3.45. The zero-order valence-electron chi connectivity index (χ0n) is 16.4. The Morgan fingerprint density at radius 3 is 2.33 bits per heavy atom. The van der Waals surface area contributed by atoms with Crippen molar-refractivity contribution in [2.45, 2.75) is 58.3 Å². The number of carboxylic acids is 1. The number of aryl methyl sites for hydroxylation is 1. The minimum Gasteiger partial charge on any atom is -0.490 e. The van der Waals surface area contributed by atoms with Crippen molar-refractivity contribution in [1.82, 2.24) is 0 Å². The Hall–Kier alpha value is -1.11. The van der Waals surface area contributed by atoms with Crippen LogP contribution in [0.25, 0.3) is 0 Å². The summed E-state index contributed by atoms with van der Waals surface area (Å²) in [4.78, 5) is 10.3. The van der Waals surface area contributed by atoms with E-state index < -0.39 is 5.97 Å². The van der Waals surface area contributed by atoms with Gasteiger partial charge in [0.05, 0.1) is 24.3 Å². The minimum atomic E-state index is -0.974. The molecule has 0 aliphatic carbocycles. The predicted octanol–water partition coefficient (Wildman–Crippen LogP) is 5.24. The van der Waals surface area contributed by atoms with E-state index in [-0.39, 0.29) is 13.2 Å². The number of unbranched alkanes of at least 4 members (excludes halogenated alkanes) is 6. The maximum atomic E-state index is 10.3. The van der Waals surface area contributed by atoms with Crippen molar-refractivity contribution in [2.75, 3.05) is 33.0 Å². The molecule has 0 fully saturated rings. The van der Waals surface area contributed by atoms with Gasteiger partial charge in [-0.25, -0.2) is 4.79 Å². The summed E-state index contributed by atoms with van der Waals surface area (Å²) >= 11 is 3.57. The number of aliphatic carboxylic acids is 1. The van der Waals surface area contributed by atoms with E-state index in [0.717, 1.165) is 16.6 Å². The molecule has 0 bridgehead atoms. The van der Waals surface area contributed by atoms with Crippen molar-refractivity contribution < 1.29 is 24.1 Å². The van der Waals surface area contributed by atoms with E-state index in [1.165, 1.54) is 50.5 Å². The molecule has 0 heterocycles. The smallest absolute Gasteiger partial charge is 0.329 e. The maximum Gasteiger partial charge on any atom is 0.329 e. The van der Waals surface area contributed by atoms with E-state index in [9.17, 15) is 4.79 Å². The van der Waals surface area contributed by atoms with Crippen molar-refractivity contribution in [1.29, 1.82) is 0 Å². The monoisotopic (exact) mass is 444 g/mol. The summed E-state index contributed by atoms with van der Waals surface area (Å²) in [6, 6.07) is 6.25. The van der Waals surface area contributed by atoms with Gasteiger partial charge in [0.1, 0.15) is 19.0 Å². The molecule has 154 valence electrons. The predicted molar refractivity (Wildman–Crippen MR) is 111 cm³/mol. The third-order valence-electron chi connectivity index (χ3n) is 4.15. The molecule has 0 aliphatic rings. The van der Waals surface area contributed by atoms with Gasteiger partial charge in [-0.3, -0.25) is 0 Å². The number of hydrogen-bond acceptors (Lipinski definition) is 4. The van der Waals surface area contributed by atoms with Crippen molar-refractivity contribution in [2.24, 2.45) is 0 Å². The van der Waals surface area contributed by atoms with Gasteiger partial charge in [0.25, 0.3) is 0 Å². The van der Waals surface area contributed by atoms with Crippen LogP contribution in [0.15, 0.2) is 22.7 Å². The molecule has 1 aromatic carbocycles. The summed E-state index contributed by atoms with van der Waals surface area (Å²) in [5.41, 5.74) is 1.33. The number of carbonyl (C=O) groups is 1. The molecule has 1 rings (SSSR count). The third kappa shape index (κ3) is 12.8. The van der Waals surface area contributed by atoms with Gasteiger partial charge in [-0.2, -0.15) is 0 Å². The lowest BCUT2D eigenvalue weighted by molar-refractivity contribution is -0.142. The second-order valence-electron chi connectivity index (χ2n) is 6.54. The van der Waals surface area contributed by atoms with Crippen LogP contribution in [0, 0.1) is 0 Å². The maximum absolute atomic E-state index is 10.3. The fourth-order valence-electron chi connectivity index (χ4n) is 2.69. The summed E-state index contributed by atoms with van der Waals surface area (Å²) in [7, 11) is 0. The van der Waals surface area contributed by atoms with Crippen LogP contribution in [-0.2, 0) is 20.7 Å². The first kappa shape index (κ1) is 23.9. The Labute approximate surface area is 171 Å². The zero-order chi connectivity index (χ0) is 19.7. The van der Waals surface area contributed by atoms with Gasteiger partial charge in [0.2, 0.25) is 0 Å². The lowest BCUT2D eigenvalue weighted by atomic mass is 10.0. The lowest BCUT2D eigenvalue weighted by Crippen LogP contribution is -2.14. The molecule has 0 saturated carbocycles. The molecule has 1 aromatic rings. The summed E-state index contributed by atoms with van der Waals surface area (Å²) in [5, 5.41) is 8.44. The number of rotatable bonds is 17. The molecule has 0 amide bonds. The van der Waals surface area contributed by atoms with Crippen molar-refractivity contribution in [3.05, 3.63) is 28.2 Å². The Morgan fingerprint density at radius 1 is 0.963 bits per heavy atom. The zero-order valence-corrected chi connectivity index (χ0v) is 18.0. The summed E-state index contributed by atoms with van der Waals surface area (Å²) in [5.74, 6) is -0.164. The third-order valence-corrected chi connectivity index (χ3v) is 4.77. The van der Waals surface area contributed by atoms with E-state index in [0.29, 0.717) is 19.8 Å². The van der Waals surface area contributed by atoms with E-state index in [1.807, 2.05) is 6.07 Å². The van der Waals surface area contributed by atoms with E-state index in [1.54, 1.807) is 0 Å². The highest BCUT2D eigenvalue weighted by Crippen LogP contribution is 2.26. The van der Waals surface area contributed by atoms with Crippen molar-refractivity contribution in [3.63, 3.8) is 0 Å². The van der Waals surface area contributed by atoms with Gasteiger partial charge in [-0.05, 0) is 46.5 Å². The van der Waals surface area contributed by atoms with Gasteiger partial charge in [-0.15, -0.1) is 0 Å².